The second-order valence-corrected chi connectivity index (χ2v) is 7.30. The highest BCUT2D eigenvalue weighted by Crippen LogP contribution is 2.27. The number of aromatic nitrogens is 1. The van der Waals surface area contributed by atoms with Crippen LogP contribution in [0.25, 0.3) is 0 Å². The quantitative estimate of drug-likeness (QED) is 0.794. The van der Waals surface area contributed by atoms with E-state index in [0.29, 0.717) is 10.0 Å². The number of nitrogens with zero attached hydrogens (tertiary/aromatic N) is 1. The third-order valence-electron chi connectivity index (χ3n) is 2.68. The molecule has 0 saturated heterocycles. The molecule has 0 aliphatic carbocycles. The van der Waals surface area contributed by atoms with Gasteiger partial charge in [0.1, 0.15) is 10.7 Å². The van der Waals surface area contributed by atoms with Gasteiger partial charge in [-0.25, -0.2) is 4.98 Å². The van der Waals surface area contributed by atoms with Crippen LogP contribution >= 0.6 is 11.3 Å². The monoisotopic (exact) mass is 284 g/mol. The summed E-state index contributed by atoms with van der Waals surface area (Å²) in [5.41, 5.74) is 5.46. The molecule has 5 nitrogen and oxygen atoms in total. The summed E-state index contributed by atoms with van der Waals surface area (Å²) in [4.78, 5) is 16.8. The minimum absolute atomic E-state index is 0.110. The highest BCUT2D eigenvalue weighted by molar-refractivity contribution is 7.18. The third kappa shape index (κ3) is 4.70. The van der Waals surface area contributed by atoms with E-state index in [2.05, 4.69) is 15.6 Å². The minimum Gasteiger partial charge on any atom is -0.382 e. The summed E-state index contributed by atoms with van der Waals surface area (Å²) in [5.74, 6) is 0.116. The molecule has 0 saturated carbocycles. The van der Waals surface area contributed by atoms with E-state index in [4.69, 9.17) is 5.73 Å². The fourth-order valence-corrected chi connectivity index (χ4v) is 2.31. The van der Waals surface area contributed by atoms with Crippen LogP contribution in [-0.4, -0.2) is 22.0 Å². The molecule has 1 amide bonds. The maximum Gasteiger partial charge on any atom is 0.265 e. The molecule has 0 fully saturated rings. The highest BCUT2D eigenvalue weighted by Gasteiger charge is 2.23. The standard InChI is InChI=1S/C13H24N4OS/c1-7-13(5,6)16-10(18)8-9(14)15-11(19-8)17-12(2,3)4/h7,14H2,1-6H3,(H,15,17)(H,16,18). The van der Waals surface area contributed by atoms with Crippen molar-refractivity contribution in [2.45, 2.75) is 59.0 Å². The van der Waals surface area contributed by atoms with Crippen LogP contribution in [0.5, 0.6) is 0 Å². The van der Waals surface area contributed by atoms with Gasteiger partial charge in [-0.2, -0.15) is 0 Å². The van der Waals surface area contributed by atoms with Crippen LogP contribution in [-0.2, 0) is 0 Å². The lowest BCUT2D eigenvalue weighted by molar-refractivity contribution is 0.0916. The van der Waals surface area contributed by atoms with Crippen molar-refractivity contribution in [1.29, 1.82) is 0 Å². The molecule has 1 rings (SSSR count). The van der Waals surface area contributed by atoms with E-state index in [-0.39, 0.29) is 22.8 Å². The molecule has 0 aliphatic heterocycles. The number of thiazole rings is 1. The SMILES string of the molecule is CCC(C)(C)NC(=O)c1sc(NC(C)(C)C)nc1N. The van der Waals surface area contributed by atoms with E-state index in [1.54, 1.807) is 0 Å². The zero-order valence-electron chi connectivity index (χ0n) is 12.5. The van der Waals surface area contributed by atoms with Gasteiger partial charge in [0, 0.05) is 11.1 Å². The number of nitrogens with two attached hydrogens (primary N) is 1. The number of hydrogen-bond acceptors (Lipinski definition) is 5. The van der Waals surface area contributed by atoms with Gasteiger partial charge in [-0.05, 0) is 41.0 Å². The van der Waals surface area contributed by atoms with E-state index in [1.165, 1.54) is 11.3 Å². The van der Waals surface area contributed by atoms with E-state index in [1.807, 2.05) is 41.5 Å². The van der Waals surface area contributed by atoms with Gasteiger partial charge >= 0.3 is 0 Å². The predicted octanol–water partition coefficient (Wildman–Crippen LogP) is 2.85. The van der Waals surface area contributed by atoms with E-state index in [0.717, 1.165) is 6.42 Å². The number of nitrogen functional groups attached to an aromatic ring is 1. The molecule has 1 aromatic rings. The molecule has 0 bridgehead atoms. The summed E-state index contributed by atoms with van der Waals surface area (Å²) >= 11 is 1.29. The van der Waals surface area contributed by atoms with Crippen molar-refractivity contribution in [3.05, 3.63) is 4.88 Å². The predicted molar refractivity (Wildman–Crippen MR) is 81.7 cm³/mol. The lowest BCUT2D eigenvalue weighted by Gasteiger charge is -2.24. The van der Waals surface area contributed by atoms with Gasteiger partial charge in [0.15, 0.2) is 5.13 Å². The normalized spacial score (nSPS) is 12.3. The Labute approximate surface area is 119 Å². The molecule has 19 heavy (non-hydrogen) atoms. The summed E-state index contributed by atoms with van der Waals surface area (Å²) in [5, 5.41) is 6.86. The Bertz CT molecular complexity index is 460. The third-order valence-corrected chi connectivity index (χ3v) is 3.66. The molecule has 1 aromatic heterocycles. The lowest BCUT2D eigenvalue weighted by atomic mass is 10.0. The molecule has 6 heteroatoms. The molecule has 108 valence electrons. The van der Waals surface area contributed by atoms with Crippen LogP contribution < -0.4 is 16.4 Å². The maximum absolute atomic E-state index is 12.2. The maximum atomic E-state index is 12.2. The number of rotatable bonds is 4. The van der Waals surface area contributed by atoms with E-state index >= 15 is 0 Å². The van der Waals surface area contributed by atoms with Gasteiger partial charge in [-0.3, -0.25) is 4.79 Å². The Morgan fingerprint density at radius 3 is 2.37 bits per heavy atom. The Kier molecular flexibility index (Phi) is 4.45. The van der Waals surface area contributed by atoms with Crippen LogP contribution in [0.3, 0.4) is 0 Å². The molecular formula is C13H24N4OS. The summed E-state index contributed by atoms with van der Waals surface area (Å²) in [6.07, 6.45) is 0.852. The molecule has 0 atom stereocenters. The van der Waals surface area contributed by atoms with Crippen LogP contribution in [0.4, 0.5) is 10.9 Å². The smallest absolute Gasteiger partial charge is 0.265 e. The van der Waals surface area contributed by atoms with Crippen molar-refractivity contribution in [1.82, 2.24) is 10.3 Å². The molecule has 0 unspecified atom stereocenters. The van der Waals surface area contributed by atoms with Crippen molar-refractivity contribution in [3.8, 4) is 0 Å². The summed E-state index contributed by atoms with van der Waals surface area (Å²) in [7, 11) is 0. The second-order valence-electron chi connectivity index (χ2n) is 6.30. The Hall–Kier alpha value is -1.30. The topological polar surface area (TPSA) is 80.0 Å². The molecule has 0 radical (unpaired) electrons. The summed E-state index contributed by atoms with van der Waals surface area (Å²) in [6.45, 7) is 12.1. The van der Waals surface area contributed by atoms with Crippen molar-refractivity contribution in [2.75, 3.05) is 11.1 Å². The van der Waals surface area contributed by atoms with Crippen LogP contribution in [0.1, 0.15) is 57.6 Å². The first-order chi connectivity index (χ1) is 8.54. The zero-order chi connectivity index (χ0) is 14.8. The Balaban J connectivity index is 2.87. The fourth-order valence-electron chi connectivity index (χ4n) is 1.32. The van der Waals surface area contributed by atoms with Gasteiger partial charge < -0.3 is 16.4 Å². The number of nitrogens with one attached hydrogen (secondary N) is 2. The second kappa shape index (κ2) is 5.36. The average Bonchev–Trinajstić information content (AvgIpc) is 2.56. The van der Waals surface area contributed by atoms with Crippen molar-refractivity contribution in [2.24, 2.45) is 0 Å². The first kappa shape index (κ1) is 15.8. The van der Waals surface area contributed by atoms with Gasteiger partial charge in [-0.1, -0.05) is 18.3 Å². The molecular weight excluding hydrogens is 260 g/mol. The fraction of sp³-hybridized carbons (Fsp3) is 0.692. The van der Waals surface area contributed by atoms with Crippen LogP contribution in [0, 0.1) is 0 Å². The first-order valence-electron chi connectivity index (χ1n) is 6.41. The van der Waals surface area contributed by atoms with Gasteiger partial charge in [0.05, 0.1) is 0 Å². The van der Waals surface area contributed by atoms with E-state index < -0.39 is 0 Å². The summed E-state index contributed by atoms with van der Waals surface area (Å²) in [6, 6.07) is 0. The molecule has 0 spiro atoms. The summed E-state index contributed by atoms with van der Waals surface area (Å²) < 4.78 is 0. The molecule has 0 aliphatic rings. The van der Waals surface area contributed by atoms with Crippen molar-refractivity contribution in [3.63, 3.8) is 0 Å². The minimum atomic E-state index is -0.245. The average molecular weight is 284 g/mol. The van der Waals surface area contributed by atoms with Gasteiger partial charge in [0.2, 0.25) is 0 Å². The molecule has 4 N–H and O–H groups in total. The number of amides is 1. The Morgan fingerprint density at radius 1 is 1.32 bits per heavy atom. The number of carbonyl (C=O) groups is 1. The highest BCUT2D eigenvalue weighted by atomic mass is 32.1. The Morgan fingerprint density at radius 2 is 1.89 bits per heavy atom. The lowest BCUT2D eigenvalue weighted by Crippen LogP contribution is -2.42. The first-order valence-corrected chi connectivity index (χ1v) is 7.23. The van der Waals surface area contributed by atoms with E-state index in [9.17, 15) is 4.79 Å². The zero-order valence-corrected chi connectivity index (χ0v) is 13.4. The van der Waals surface area contributed by atoms with Gasteiger partial charge in [0.25, 0.3) is 5.91 Å². The number of carbonyl (C=O) groups excluding carboxylic acids is 1. The van der Waals surface area contributed by atoms with Crippen molar-refractivity contribution >= 4 is 28.2 Å². The van der Waals surface area contributed by atoms with Crippen molar-refractivity contribution < 1.29 is 4.79 Å². The number of anilines is 2. The molecule has 0 aromatic carbocycles. The number of hydrogen-bond donors (Lipinski definition) is 3. The molecule has 1 heterocycles. The largest absolute Gasteiger partial charge is 0.382 e. The van der Waals surface area contributed by atoms with Gasteiger partial charge in [-0.15, -0.1) is 0 Å². The van der Waals surface area contributed by atoms with Crippen LogP contribution in [0.2, 0.25) is 0 Å². The van der Waals surface area contributed by atoms with Crippen LogP contribution in [0.15, 0.2) is 0 Å².